The van der Waals surface area contributed by atoms with Gasteiger partial charge in [0.15, 0.2) is 0 Å². The molecule has 0 saturated heterocycles. The van der Waals surface area contributed by atoms with Crippen molar-refractivity contribution in [2.24, 2.45) is 5.11 Å². The Labute approximate surface area is 157 Å². The van der Waals surface area contributed by atoms with E-state index in [2.05, 4.69) is 20.7 Å². The summed E-state index contributed by atoms with van der Waals surface area (Å²) >= 11 is 7.64. The lowest BCUT2D eigenvalue weighted by molar-refractivity contribution is -0.141. The van der Waals surface area contributed by atoms with Gasteiger partial charge in [-0.1, -0.05) is 11.6 Å². The molecule has 0 spiro atoms. The summed E-state index contributed by atoms with van der Waals surface area (Å²) in [5.41, 5.74) is 7.43. The average molecular weight is 402 g/mol. The number of nitrogens with zero attached hydrogens (tertiary/aromatic N) is 2. The fraction of sp³-hybridized carbons (Fsp3) is 0.188. The molecule has 3 N–H and O–H groups in total. The molecule has 138 valence electrons. The first-order chi connectivity index (χ1) is 12.3. The number of thioether (sulfide) groups is 1. The molecule has 0 unspecified atom stereocenters. The van der Waals surface area contributed by atoms with Crippen molar-refractivity contribution in [3.05, 3.63) is 59.1 Å². The van der Waals surface area contributed by atoms with Crippen LogP contribution in [-0.2, 0) is 6.18 Å². The number of anilines is 2. The van der Waals surface area contributed by atoms with E-state index in [9.17, 15) is 13.2 Å². The first kappa shape index (κ1) is 20.1. The quantitative estimate of drug-likeness (QED) is 0.400. The summed E-state index contributed by atoms with van der Waals surface area (Å²) < 4.78 is 38.0. The summed E-state index contributed by atoms with van der Waals surface area (Å²) in [5.74, 6) is 0. The number of rotatable bonds is 7. The maximum Gasteiger partial charge on any atom is 0.433 e. The highest BCUT2D eigenvalue weighted by Crippen LogP contribution is 2.29. The van der Waals surface area contributed by atoms with Gasteiger partial charge < -0.3 is 10.6 Å². The minimum Gasteiger partial charge on any atom is -0.379 e. The van der Waals surface area contributed by atoms with Crippen LogP contribution in [0.3, 0.4) is 0 Å². The lowest BCUT2D eigenvalue weighted by atomic mass is 10.3. The van der Waals surface area contributed by atoms with E-state index in [1.165, 1.54) is 24.0 Å². The van der Waals surface area contributed by atoms with E-state index in [0.717, 1.165) is 17.2 Å². The molecule has 1 aromatic carbocycles. The Morgan fingerprint density at radius 1 is 1.31 bits per heavy atom. The van der Waals surface area contributed by atoms with Crippen LogP contribution in [0.1, 0.15) is 5.69 Å². The Hall–Kier alpha value is -2.26. The molecule has 2 rings (SSSR count). The highest BCUT2D eigenvalue weighted by Gasteiger charge is 2.32. The van der Waals surface area contributed by atoms with Crippen molar-refractivity contribution in [2.45, 2.75) is 11.1 Å². The molecule has 0 radical (unpaired) electrons. The highest BCUT2D eigenvalue weighted by molar-refractivity contribution is 7.98. The van der Waals surface area contributed by atoms with Crippen LogP contribution in [0.25, 0.3) is 0 Å². The van der Waals surface area contributed by atoms with E-state index in [0.29, 0.717) is 16.4 Å². The average Bonchev–Trinajstić information content (AvgIpc) is 2.61. The molecule has 0 amide bonds. The minimum absolute atomic E-state index is 0.0639. The van der Waals surface area contributed by atoms with Crippen LogP contribution in [0.2, 0.25) is 5.02 Å². The van der Waals surface area contributed by atoms with Crippen molar-refractivity contribution in [2.75, 3.05) is 23.4 Å². The third-order valence-corrected chi connectivity index (χ3v) is 4.45. The maximum atomic E-state index is 12.7. The van der Waals surface area contributed by atoms with Crippen molar-refractivity contribution < 1.29 is 13.2 Å². The first-order valence-corrected chi connectivity index (χ1v) is 8.87. The summed E-state index contributed by atoms with van der Waals surface area (Å²) in [4.78, 5) is 4.23. The van der Waals surface area contributed by atoms with Gasteiger partial charge in [0, 0.05) is 28.7 Å². The molecule has 0 atom stereocenters. The van der Waals surface area contributed by atoms with Gasteiger partial charge >= 0.3 is 6.18 Å². The van der Waals surface area contributed by atoms with Crippen LogP contribution in [0, 0.1) is 5.53 Å². The summed E-state index contributed by atoms with van der Waals surface area (Å²) in [5, 5.41) is 9.69. The smallest absolute Gasteiger partial charge is 0.379 e. The van der Waals surface area contributed by atoms with Gasteiger partial charge in [-0.2, -0.15) is 18.3 Å². The second kappa shape index (κ2) is 8.91. The number of benzene rings is 1. The second-order valence-electron chi connectivity index (χ2n) is 5.02. The number of nitrogens with one attached hydrogen (secondary N) is 3. The first-order valence-electron chi connectivity index (χ1n) is 7.27. The van der Waals surface area contributed by atoms with Gasteiger partial charge in [-0.25, -0.2) is 5.53 Å². The molecule has 26 heavy (non-hydrogen) atoms. The number of halogens is 4. The van der Waals surface area contributed by atoms with Crippen LogP contribution in [0.4, 0.5) is 24.5 Å². The number of aromatic nitrogens is 1. The van der Waals surface area contributed by atoms with Gasteiger partial charge in [-0.3, -0.25) is 4.98 Å². The molecule has 0 fully saturated rings. The van der Waals surface area contributed by atoms with Crippen LogP contribution in [0.5, 0.6) is 0 Å². The van der Waals surface area contributed by atoms with Crippen LogP contribution in [-0.4, -0.2) is 17.8 Å². The standard InChI is InChI=1S/C16H15ClF3N5S/c1-26-14-3-2-10(6-13(14)17)23-8-12(25-21)9-24-11-4-5-22-15(7-11)16(18,19)20/h2-8,21,23H,9H2,1H3,(H,22,24)/b12-8-,25-21?. The third kappa shape index (κ3) is 5.63. The Bertz CT molecular complexity index is 811. The largest absolute Gasteiger partial charge is 0.433 e. The highest BCUT2D eigenvalue weighted by atomic mass is 35.5. The predicted molar refractivity (Wildman–Crippen MR) is 97.8 cm³/mol. The van der Waals surface area contributed by atoms with Crippen LogP contribution in [0.15, 0.2) is 58.4 Å². The molecule has 0 aliphatic carbocycles. The Morgan fingerprint density at radius 2 is 2.08 bits per heavy atom. The Balaban J connectivity index is 2.02. The van der Waals surface area contributed by atoms with Gasteiger partial charge in [0.2, 0.25) is 0 Å². The second-order valence-corrected chi connectivity index (χ2v) is 6.28. The normalized spacial score (nSPS) is 12.0. The van der Waals surface area contributed by atoms with Crippen LogP contribution >= 0.6 is 23.4 Å². The van der Waals surface area contributed by atoms with Crippen molar-refractivity contribution in [1.29, 1.82) is 5.53 Å². The van der Waals surface area contributed by atoms with Gasteiger partial charge in [-0.05, 0) is 36.6 Å². The Morgan fingerprint density at radius 3 is 2.69 bits per heavy atom. The minimum atomic E-state index is -4.51. The predicted octanol–water partition coefficient (Wildman–Crippen LogP) is 5.87. The Kier molecular flexibility index (Phi) is 6.87. The molecule has 1 heterocycles. The molecule has 2 aromatic rings. The maximum absolute atomic E-state index is 12.7. The van der Waals surface area contributed by atoms with E-state index in [1.54, 1.807) is 6.07 Å². The van der Waals surface area contributed by atoms with Crippen molar-refractivity contribution in [3.63, 3.8) is 0 Å². The van der Waals surface area contributed by atoms with Crippen LogP contribution < -0.4 is 10.6 Å². The summed E-state index contributed by atoms with van der Waals surface area (Å²) in [6.07, 6.45) is -0.0452. The molecular weight excluding hydrogens is 387 g/mol. The number of alkyl halides is 3. The summed E-state index contributed by atoms with van der Waals surface area (Å²) in [7, 11) is 0. The lowest BCUT2D eigenvalue weighted by Gasteiger charge is -2.10. The van der Waals surface area contributed by atoms with Gasteiger partial charge in [0.25, 0.3) is 0 Å². The number of hydrogen-bond donors (Lipinski definition) is 3. The van der Waals surface area contributed by atoms with E-state index in [1.807, 2.05) is 18.4 Å². The molecule has 1 aromatic heterocycles. The molecule has 0 aliphatic heterocycles. The van der Waals surface area contributed by atoms with Gasteiger partial charge in [-0.15, -0.1) is 11.8 Å². The summed E-state index contributed by atoms with van der Waals surface area (Å²) in [6.45, 7) is 0.0639. The fourth-order valence-corrected chi connectivity index (χ4v) is 2.80. The van der Waals surface area contributed by atoms with E-state index < -0.39 is 11.9 Å². The van der Waals surface area contributed by atoms with E-state index in [-0.39, 0.29) is 12.2 Å². The third-order valence-electron chi connectivity index (χ3n) is 3.22. The molecular formula is C16H15ClF3N5S. The molecule has 0 bridgehead atoms. The van der Waals surface area contributed by atoms with E-state index >= 15 is 0 Å². The fourth-order valence-electron chi connectivity index (χ4n) is 1.93. The molecule has 0 aliphatic rings. The number of hydrogen-bond acceptors (Lipinski definition) is 6. The summed E-state index contributed by atoms with van der Waals surface area (Å²) in [6, 6.07) is 7.72. The number of pyridine rings is 1. The van der Waals surface area contributed by atoms with Crippen molar-refractivity contribution in [3.8, 4) is 0 Å². The SMILES string of the molecule is CSc1ccc(N/C=C(/CNc2ccnc(C(F)(F)F)c2)N=N)cc1Cl. The van der Waals surface area contributed by atoms with Crippen molar-refractivity contribution in [1.82, 2.24) is 4.98 Å². The molecule has 5 nitrogen and oxygen atoms in total. The van der Waals surface area contributed by atoms with E-state index in [4.69, 9.17) is 17.1 Å². The molecule has 10 heteroatoms. The topological polar surface area (TPSA) is 73.2 Å². The van der Waals surface area contributed by atoms with Crippen molar-refractivity contribution >= 4 is 34.7 Å². The van der Waals surface area contributed by atoms with Gasteiger partial charge in [0.05, 0.1) is 17.3 Å². The van der Waals surface area contributed by atoms with Gasteiger partial charge in [0.1, 0.15) is 5.69 Å². The zero-order valence-corrected chi connectivity index (χ0v) is 15.1. The zero-order chi connectivity index (χ0) is 19.2. The lowest BCUT2D eigenvalue weighted by Crippen LogP contribution is -2.10. The molecule has 0 saturated carbocycles. The monoisotopic (exact) mass is 401 g/mol. The zero-order valence-electron chi connectivity index (χ0n) is 13.6.